The normalized spacial score (nSPS) is 10.3. The first kappa shape index (κ1) is 6.98. The van der Waals surface area contributed by atoms with Crippen LogP contribution in [-0.2, 0) is 0 Å². The molecule has 0 amide bonds. The van der Waals surface area contributed by atoms with Crippen LogP contribution in [0.2, 0.25) is 0 Å². The zero-order chi connectivity index (χ0) is 8.55. The number of hydrogen-bond donors (Lipinski definition) is 2. The Morgan fingerprint density at radius 1 is 1.08 bits per heavy atom. The Morgan fingerprint density at radius 2 is 1.92 bits per heavy atom. The Hall–Kier alpha value is -1.70. The average molecular weight is 159 g/mol. The van der Waals surface area contributed by atoms with Gasteiger partial charge in [-0.15, -0.1) is 0 Å². The SMILES string of the molecule is Oc1ccc2c(O)c[c]cc2c1. The topological polar surface area (TPSA) is 40.5 Å². The van der Waals surface area contributed by atoms with Crippen molar-refractivity contribution < 1.29 is 10.2 Å². The van der Waals surface area contributed by atoms with E-state index < -0.39 is 0 Å². The predicted molar refractivity (Wildman–Crippen MR) is 46.1 cm³/mol. The molecule has 2 heteroatoms. The summed E-state index contributed by atoms with van der Waals surface area (Å²) in [6.45, 7) is 0. The summed E-state index contributed by atoms with van der Waals surface area (Å²) in [5.41, 5.74) is 0. The second kappa shape index (κ2) is 2.41. The van der Waals surface area contributed by atoms with E-state index in [0.717, 1.165) is 10.8 Å². The van der Waals surface area contributed by atoms with E-state index in [1.54, 1.807) is 24.3 Å². The van der Waals surface area contributed by atoms with Crippen molar-refractivity contribution in [3.8, 4) is 11.5 Å². The highest BCUT2D eigenvalue weighted by Crippen LogP contribution is 2.26. The molecule has 0 aliphatic carbocycles. The minimum Gasteiger partial charge on any atom is -0.508 e. The molecular formula is C10H7O2. The number of benzene rings is 2. The first-order chi connectivity index (χ1) is 5.77. The van der Waals surface area contributed by atoms with E-state index >= 15 is 0 Å². The monoisotopic (exact) mass is 159 g/mol. The van der Waals surface area contributed by atoms with Crippen molar-refractivity contribution >= 4 is 10.8 Å². The van der Waals surface area contributed by atoms with Gasteiger partial charge in [-0.05, 0) is 41.8 Å². The Kier molecular flexibility index (Phi) is 1.40. The summed E-state index contributed by atoms with van der Waals surface area (Å²) in [7, 11) is 0. The number of phenolic OH excluding ortho intramolecular Hbond substituents is 2. The minimum absolute atomic E-state index is 0.188. The second-order valence-corrected chi connectivity index (χ2v) is 2.61. The van der Waals surface area contributed by atoms with E-state index in [1.165, 1.54) is 6.07 Å². The van der Waals surface area contributed by atoms with Gasteiger partial charge < -0.3 is 10.2 Å². The molecule has 0 saturated carbocycles. The van der Waals surface area contributed by atoms with Crippen molar-refractivity contribution in [3.63, 3.8) is 0 Å². The van der Waals surface area contributed by atoms with Crippen molar-refractivity contribution in [2.45, 2.75) is 0 Å². The molecule has 2 aromatic rings. The summed E-state index contributed by atoms with van der Waals surface area (Å²) in [6, 6.07) is 10.8. The lowest BCUT2D eigenvalue weighted by Gasteiger charge is -1.99. The molecule has 0 aromatic heterocycles. The summed E-state index contributed by atoms with van der Waals surface area (Å²) in [4.78, 5) is 0. The van der Waals surface area contributed by atoms with Crippen LogP contribution in [0.25, 0.3) is 10.8 Å². The van der Waals surface area contributed by atoms with Crippen LogP contribution in [0.3, 0.4) is 0 Å². The summed E-state index contributed by atoms with van der Waals surface area (Å²) in [5, 5.41) is 20.0. The van der Waals surface area contributed by atoms with Gasteiger partial charge in [-0.25, -0.2) is 0 Å². The molecule has 0 heterocycles. The molecule has 2 nitrogen and oxygen atoms in total. The molecule has 0 unspecified atom stereocenters. The van der Waals surface area contributed by atoms with Crippen LogP contribution in [0.5, 0.6) is 11.5 Å². The lowest BCUT2D eigenvalue weighted by Crippen LogP contribution is -1.73. The number of hydrogen-bond acceptors (Lipinski definition) is 2. The molecule has 0 aliphatic heterocycles. The van der Waals surface area contributed by atoms with Crippen LogP contribution < -0.4 is 0 Å². The molecule has 0 saturated heterocycles. The molecule has 2 rings (SSSR count). The highest BCUT2D eigenvalue weighted by atomic mass is 16.3. The number of rotatable bonds is 0. The van der Waals surface area contributed by atoms with Gasteiger partial charge in [0, 0.05) is 5.39 Å². The van der Waals surface area contributed by atoms with Crippen LogP contribution in [-0.4, -0.2) is 10.2 Å². The zero-order valence-corrected chi connectivity index (χ0v) is 6.28. The molecule has 2 aromatic carbocycles. The molecule has 2 N–H and O–H groups in total. The summed E-state index contributed by atoms with van der Waals surface area (Å²) in [5.74, 6) is 0.383. The van der Waals surface area contributed by atoms with Crippen LogP contribution in [0, 0.1) is 6.07 Å². The van der Waals surface area contributed by atoms with Gasteiger partial charge in [0.2, 0.25) is 0 Å². The fourth-order valence-electron chi connectivity index (χ4n) is 1.19. The van der Waals surface area contributed by atoms with Crippen LogP contribution in [0.4, 0.5) is 0 Å². The third-order valence-electron chi connectivity index (χ3n) is 1.77. The minimum atomic E-state index is 0.188. The first-order valence-corrected chi connectivity index (χ1v) is 3.59. The van der Waals surface area contributed by atoms with E-state index in [1.807, 2.05) is 0 Å². The van der Waals surface area contributed by atoms with Gasteiger partial charge in [0.15, 0.2) is 0 Å². The van der Waals surface area contributed by atoms with Gasteiger partial charge >= 0.3 is 0 Å². The van der Waals surface area contributed by atoms with E-state index in [0.29, 0.717) is 0 Å². The second-order valence-electron chi connectivity index (χ2n) is 2.61. The van der Waals surface area contributed by atoms with Crippen molar-refractivity contribution in [1.82, 2.24) is 0 Å². The van der Waals surface area contributed by atoms with Crippen molar-refractivity contribution in [1.29, 1.82) is 0 Å². The summed E-state index contributed by atoms with van der Waals surface area (Å²) < 4.78 is 0. The molecule has 0 atom stereocenters. The third kappa shape index (κ3) is 0.975. The van der Waals surface area contributed by atoms with Gasteiger partial charge in [-0.2, -0.15) is 0 Å². The lowest BCUT2D eigenvalue weighted by molar-refractivity contribution is 0.475. The average Bonchev–Trinajstić information content (AvgIpc) is 2.04. The predicted octanol–water partition coefficient (Wildman–Crippen LogP) is 2.05. The number of phenols is 2. The van der Waals surface area contributed by atoms with Gasteiger partial charge in [0.1, 0.15) is 11.5 Å². The summed E-state index contributed by atoms with van der Waals surface area (Å²) >= 11 is 0. The van der Waals surface area contributed by atoms with Crippen molar-refractivity contribution in [2.75, 3.05) is 0 Å². The number of aromatic hydroxyl groups is 2. The Balaban J connectivity index is 2.86. The van der Waals surface area contributed by atoms with E-state index in [2.05, 4.69) is 6.07 Å². The highest BCUT2D eigenvalue weighted by Gasteiger charge is 1.98. The van der Waals surface area contributed by atoms with Crippen LogP contribution >= 0.6 is 0 Å². The zero-order valence-electron chi connectivity index (χ0n) is 6.28. The molecular weight excluding hydrogens is 152 g/mol. The van der Waals surface area contributed by atoms with Crippen LogP contribution in [0.1, 0.15) is 0 Å². The fraction of sp³-hybridized carbons (Fsp3) is 0. The van der Waals surface area contributed by atoms with E-state index in [4.69, 9.17) is 5.11 Å². The molecule has 59 valence electrons. The molecule has 0 fully saturated rings. The molecule has 0 bridgehead atoms. The largest absolute Gasteiger partial charge is 0.508 e. The molecule has 1 radical (unpaired) electrons. The maximum Gasteiger partial charge on any atom is 0.124 e. The number of fused-ring (bicyclic) bond motifs is 1. The molecule has 0 spiro atoms. The van der Waals surface area contributed by atoms with Gasteiger partial charge in [0.05, 0.1) is 0 Å². The van der Waals surface area contributed by atoms with Gasteiger partial charge in [0.25, 0.3) is 0 Å². The van der Waals surface area contributed by atoms with Crippen molar-refractivity contribution in [3.05, 3.63) is 36.4 Å². The lowest BCUT2D eigenvalue weighted by atomic mass is 10.1. The quantitative estimate of drug-likeness (QED) is 0.617. The summed E-state index contributed by atoms with van der Waals surface area (Å²) in [6.07, 6.45) is 0. The highest BCUT2D eigenvalue weighted by molar-refractivity contribution is 5.88. The van der Waals surface area contributed by atoms with Gasteiger partial charge in [-0.3, -0.25) is 0 Å². The van der Waals surface area contributed by atoms with E-state index in [9.17, 15) is 5.11 Å². The van der Waals surface area contributed by atoms with E-state index in [-0.39, 0.29) is 11.5 Å². The maximum absolute atomic E-state index is 9.35. The Labute approximate surface area is 69.7 Å². The molecule has 12 heavy (non-hydrogen) atoms. The third-order valence-corrected chi connectivity index (χ3v) is 1.77. The Bertz CT molecular complexity index is 421. The molecule has 0 aliphatic rings. The standard InChI is InChI=1S/C10H7O2/c11-8-4-5-9-7(6-8)2-1-3-10(9)12/h2-6,11-12H. The maximum atomic E-state index is 9.35. The van der Waals surface area contributed by atoms with Gasteiger partial charge in [-0.1, -0.05) is 0 Å². The first-order valence-electron chi connectivity index (χ1n) is 3.59. The van der Waals surface area contributed by atoms with Crippen molar-refractivity contribution in [2.24, 2.45) is 0 Å². The smallest absolute Gasteiger partial charge is 0.124 e. The fourth-order valence-corrected chi connectivity index (χ4v) is 1.19. The Morgan fingerprint density at radius 3 is 2.75 bits per heavy atom. The van der Waals surface area contributed by atoms with Crippen LogP contribution in [0.15, 0.2) is 30.3 Å².